The van der Waals surface area contributed by atoms with Crippen molar-refractivity contribution in [3.8, 4) is 5.75 Å². The molecule has 0 radical (unpaired) electrons. The van der Waals surface area contributed by atoms with Crippen LogP contribution in [0.4, 0.5) is 11.4 Å². The van der Waals surface area contributed by atoms with Gasteiger partial charge in [-0.1, -0.05) is 0 Å². The van der Waals surface area contributed by atoms with Crippen LogP contribution in [0.15, 0.2) is 50.5 Å². The molecule has 0 spiro atoms. The van der Waals surface area contributed by atoms with Crippen molar-refractivity contribution in [2.45, 2.75) is 4.90 Å². The number of likely N-dealkylation sites (N-methyl/N-ethyl adjacent to an activating group) is 1. The number of rotatable bonds is 3. The number of aromatic nitrogens is 1. The zero-order chi connectivity index (χ0) is 18.5. The first-order valence-corrected chi connectivity index (χ1v) is 9.44. The van der Waals surface area contributed by atoms with Gasteiger partial charge in [-0.15, -0.1) is 0 Å². The molecule has 1 N–H and O–H groups in total. The van der Waals surface area contributed by atoms with E-state index in [0.717, 1.165) is 12.2 Å². The van der Waals surface area contributed by atoms with Crippen molar-refractivity contribution in [3.05, 3.63) is 46.9 Å². The summed E-state index contributed by atoms with van der Waals surface area (Å²) in [5.41, 5.74) is 2.00. The van der Waals surface area contributed by atoms with Crippen molar-refractivity contribution >= 4 is 32.5 Å². The molecule has 9 heteroatoms. The Morgan fingerprint density at radius 1 is 1.12 bits per heavy atom. The topological polar surface area (TPSA) is 93.8 Å². The maximum Gasteiger partial charge on any atom is 0.419 e. The SMILES string of the molecule is CN1CCOc2ccc(NS(=O)(=O)c3ccc4c(c3)oc(=O)n4C)cc21. The van der Waals surface area contributed by atoms with E-state index in [1.165, 1.54) is 16.7 Å². The second-order valence-electron chi connectivity index (χ2n) is 6.11. The second kappa shape index (κ2) is 5.80. The van der Waals surface area contributed by atoms with Gasteiger partial charge in [0.25, 0.3) is 10.0 Å². The Kier molecular flexibility index (Phi) is 3.69. The van der Waals surface area contributed by atoms with Gasteiger partial charge in [-0.25, -0.2) is 13.2 Å². The van der Waals surface area contributed by atoms with E-state index in [9.17, 15) is 13.2 Å². The van der Waals surface area contributed by atoms with Crippen molar-refractivity contribution < 1.29 is 17.6 Å². The van der Waals surface area contributed by atoms with Crippen molar-refractivity contribution in [2.75, 3.05) is 29.8 Å². The summed E-state index contributed by atoms with van der Waals surface area (Å²) in [7, 11) is -0.350. The lowest BCUT2D eigenvalue weighted by molar-refractivity contribution is 0.311. The summed E-state index contributed by atoms with van der Waals surface area (Å²) in [6.45, 7) is 1.32. The number of hydrogen-bond acceptors (Lipinski definition) is 6. The number of ether oxygens (including phenoxy) is 1. The normalized spacial score (nSPS) is 14.2. The molecule has 1 aliphatic rings. The predicted molar refractivity (Wildman–Crippen MR) is 97.5 cm³/mol. The summed E-state index contributed by atoms with van der Waals surface area (Å²) >= 11 is 0. The number of oxazole rings is 1. The molecule has 26 heavy (non-hydrogen) atoms. The van der Waals surface area contributed by atoms with Gasteiger partial charge < -0.3 is 14.1 Å². The Morgan fingerprint density at radius 3 is 2.73 bits per heavy atom. The Labute approximate surface area is 149 Å². The van der Waals surface area contributed by atoms with E-state index in [1.54, 1.807) is 31.3 Å². The minimum atomic E-state index is -3.83. The van der Waals surface area contributed by atoms with E-state index in [1.807, 2.05) is 11.9 Å². The number of nitrogens with zero attached hydrogens (tertiary/aromatic N) is 2. The van der Waals surface area contributed by atoms with Crippen LogP contribution in [0.25, 0.3) is 11.1 Å². The van der Waals surface area contributed by atoms with Gasteiger partial charge >= 0.3 is 5.76 Å². The minimum absolute atomic E-state index is 0.0154. The van der Waals surface area contributed by atoms with Gasteiger partial charge in [-0.05, 0) is 30.3 Å². The van der Waals surface area contributed by atoms with Crippen LogP contribution in [0, 0.1) is 0 Å². The fourth-order valence-corrected chi connectivity index (χ4v) is 3.97. The van der Waals surface area contributed by atoms with Crippen LogP contribution in [0.5, 0.6) is 5.75 Å². The molecule has 0 atom stereocenters. The van der Waals surface area contributed by atoms with Crippen LogP contribution in [0.2, 0.25) is 0 Å². The quantitative estimate of drug-likeness (QED) is 0.750. The Bertz CT molecular complexity index is 1160. The number of hydrogen-bond donors (Lipinski definition) is 1. The van der Waals surface area contributed by atoms with Crippen LogP contribution in [-0.4, -0.2) is 33.2 Å². The molecule has 0 saturated carbocycles. The molecule has 3 aromatic rings. The van der Waals surface area contributed by atoms with Crippen LogP contribution in [-0.2, 0) is 17.1 Å². The summed E-state index contributed by atoms with van der Waals surface area (Å²) in [6, 6.07) is 9.44. The van der Waals surface area contributed by atoms with E-state index in [-0.39, 0.29) is 10.5 Å². The molecule has 0 amide bonds. The average Bonchev–Trinajstić information content (AvgIpc) is 2.89. The standard InChI is InChI=1S/C17H17N3O5S/c1-19-7-8-24-15-6-3-11(9-14(15)19)18-26(22,23)12-4-5-13-16(10-12)25-17(21)20(13)2/h3-6,9-10,18H,7-8H2,1-2H3. The molecule has 2 heterocycles. The lowest BCUT2D eigenvalue weighted by Crippen LogP contribution is -2.28. The molecule has 0 bridgehead atoms. The number of benzene rings is 2. The third kappa shape index (κ3) is 2.70. The van der Waals surface area contributed by atoms with E-state index >= 15 is 0 Å². The highest BCUT2D eigenvalue weighted by atomic mass is 32.2. The number of anilines is 2. The summed E-state index contributed by atoms with van der Waals surface area (Å²) in [4.78, 5) is 13.6. The van der Waals surface area contributed by atoms with E-state index in [0.29, 0.717) is 23.6 Å². The fourth-order valence-electron chi connectivity index (χ4n) is 2.91. The molecule has 1 aliphatic heterocycles. The van der Waals surface area contributed by atoms with Gasteiger partial charge in [0.1, 0.15) is 12.4 Å². The summed E-state index contributed by atoms with van der Waals surface area (Å²) in [5, 5.41) is 0. The second-order valence-corrected chi connectivity index (χ2v) is 7.80. The number of fused-ring (bicyclic) bond motifs is 2. The lowest BCUT2D eigenvalue weighted by Gasteiger charge is -2.28. The van der Waals surface area contributed by atoms with Crippen LogP contribution in [0.1, 0.15) is 0 Å². The first-order valence-electron chi connectivity index (χ1n) is 7.95. The maximum atomic E-state index is 12.7. The van der Waals surface area contributed by atoms with E-state index < -0.39 is 15.8 Å². The molecule has 0 saturated heterocycles. The summed E-state index contributed by atoms with van der Waals surface area (Å²) in [5.74, 6) is 0.175. The van der Waals surface area contributed by atoms with Crippen molar-refractivity contribution in [1.29, 1.82) is 0 Å². The summed E-state index contributed by atoms with van der Waals surface area (Å²) < 4.78 is 39.9. The fraction of sp³-hybridized carbons (Fsp3) is 0.235. The molecule has 0 aliphatic carbocycles. The monoisotopic (exact) mass is 375 g/mol. The van der Waals surface area contributed by atoms with Gasteiger partial charge in [0.2, 0.25) is 0 Å². The van der Waals surface area contributed by atoms with Gasteiger partial charge in [0.05, 0.1) is 28.3 Å². The highest BCUT2D eigenvalue weighted by Gasteiger charge is 2.20. The highest BCUT2D eigenvalue weighted by molar-refractivity contribution is 7.92. The van der Waals surface area contributed by atoms with Gasteiger partial charge in [-0.2, -0.15) is 0 Å². The lowest BCUT2D eigenvalue weighted by atomic mass is 10.2. The van der Waals surface area contributed by atoms with Crippen molar-refractivity contribution in [1.82, 2.24) is 4.57 Å². The Balaban J connectivity index is 1.69. The van der Waals surface area contributed by atoms with Crippen LogP contribution >= 0.6 is 0 Å². The van der Waals surface area contributed by atoms with Gasteiger partial charge in [0, 0.05) is 20.2 Å². The number of aryl methyl sites for hydroxylation is 1. The molecule has 0 fully saturated rings. The van der Waals surface area contributed by atoms with Crippen molar-refractivity contribution in [2.24, 2.45) is 7.05 Å². The molecule has 1 aromatic heterocycles. The number of nitrogens with one attached hydrogen (secondary N) is 1. The molecular weight excluding hydrogens is 358 g/mol. The molecule has 136 valence electrons. The highest BCUT2D eigenvalue weighted by Crippen LogP contribution is 2.34. The maximum absolute atomic E-state index is 12.7. The van der Waals surface area contributed by atoms with Crippen LogP contribution < -0.4 is 20.1 Å². The third-order valence-corrected chi connectivity index (χ3v) is 5.76. The average molecular weight is 375 g/mol. The van der Waals surface area contributed by atoms with E-state index in [2.05, 4.69) is 4.72 Å². The predicted octanol–water partition coefficient (Wildman–Crippen LogP) is 1.76. The van der Waals surface area contributed by atoms with Crippen LogP contribution in [0.3, 0.4) is 0 Å². The molecular formula is C17H17N3O5S. The zero-order valence-corrected chi connectivity index (χ0v) is 15.0. The largest absolute Gasteiger partial charge is 0.490 e. The molecule has 2 aromatic carbocycles. The third-order valence-electron chi connectivity index (χ3n) is 4.38. The summed E-state index contributed by atoms with van der Waals surface area (Å²) in [6.07, 6.45) is 0. The number of sulfonamides is 1. The first-order chi connectivity index (χ1) is 12.3. The van der Waals surface area contributed by atoms with Crippen molar-refractivity contribution in [3.63, 3.8) is 0 Å². The Morgan fingerprint density at radius 2 is 1.92 bits per heavy atom. The molecule has 8 nitrogen and oxygen atoms in total. The Hall–Kier alpha value is -2.94. The van der Waals surface area contributed by atoms with Gasteiger partial charge in [0.15, 0.2) is 5.58 Å². The first kappa shape index (κ1) is 16.5. The molecule has 4 rings (SSSR count). The zero-order valence-electron chi connectivity index (χ0n) is 14.2. The minimum Gasteiger partial charge on any atom is -0.490 e. The molecule has 0 unspecified atom stereocenters. The van der Waals surface area contributed by atoms with E-state index in [4.69, 9.17) is 9.15 Å². The smallest absolute Gasteiger partial charge is 0.419 e. The van der Waals surface area contributed by atoms with Gasteiger partial charge in [-0.3, -0.25) is 9.29 Å².